The number of carbonyl (C=O) groups excluding carboxylic acids is 1. The Morgan fingerprint density at radius 3 is 2.93 bits per heavy atom. The fourth-order valence-corrected chi connectivity index (χ4v) is 2.17. The summed E-state index contributed by atoms with van der Waals surface area (Å²) in [7, 11) is 1.83. The Bertz CT molecular complexity index is 358. The minimum Gasteiger partial charge on any atom is -0.347 e. The largest absolute Gasteiger partial charge is 0.347 e. The van der Waals surface area contributed by atoms with E-state index >= 15 is 0 Å². The molecule has 1 saturated carbocycles. The van der Waals surface area contributed by atoms with Crippen molar-refractivity contribution in [2.45, 2.75) is 32.2 Å². The average Bonchev–Trinajstić information content (AvgIpc) is 2.75. The second-order valence-corrected chi connectivity index (χ2v) is 4.45. The first-order valence-electron chi connectivity index (χ1n) is 5.45. The summed E-state index contributed by atoms with van der Waals surface area (Å²) in [4.78, 5) is 15.8. The molecular formula is C11H17N3O. The Morgan fingerprint density at radius 1 is 1.60 bits per heavy atom. The molecule has 1 aliphatic carbocycles. The number of hydrogen-bond donors (Lipinski definition) is 1. The molecule has 2 unspecified atom stereocenters. The van der Waals surface area contributed by atoms with Gasteiger partial charge in [0, 0.05) is 25.5 Å². The molecule has 82 valence electrons. The lowest BCUT2D eigenvalue weighted by Crippen LogP contribution is -2.34. The molecule has 1 aliphatic rings. The lowest BCUT2D eigenvalue weighted by Gasteiger charge is -2.11. The van der Waals surface area contributed by atoms with Gasteiger partial charge in [0.1, 0.15) is 0 Å². The second kappa shape index (κ2) is 4.04. The first-order valence-corrected chi connectivity index (χ1v) is 5.45. The minimum absolute atomic E-state index is 0.0541. The van der Waals surface area contributed by atoms with E-state index in [9.17, 15) is 4.79 Å². The highest BCUT2D eigenvalue weighted by molar-refractivity contribution is 5.90. The van der Waals surface area contributed by atoms with Gasteiger partial charge < -0.3 is 9.88 Å². The molecule has 1 N–H and O–H groups in total. The van der Waals surface area contributed by atoms with Crippen molar-refractivity contribution >= 4 is 5.91 Å². The van der Waals surface area contributed by atoms with E-state index in [2.05, 4.69) is 17.2 Å². The van der Waals surface area contributed by atoms with Gasteiger partial charge in [-0.05, 0) is 25.2 Å². The van der Waals surface area contributed by atoms with Crippen molar-refractivity contribution in [1.29, 1.82) is 0 Å². The Balaban J connectivity index is 1.96. The van der Waals surface area contributed by atoms with Gasteiger partial charge in [-0.15, -0.1) is 0 Å². The zero-order chi connectivity index (χ0) is 10.8. The van der Waals surface area contributed by atoms with Gasteiger partial charge in [0.2, 0.25) is 0 Å². The highest BCUT2D eigenvalue weighted by atomic mass is 16.2. The van der Waals surface area contributed by atoms with Crippen LogP contribution in [0.15, 0.2) is 12.4 Å². The molecule has 1 amide bonds. The summed E-state index contributed by atoms with van der Waals surface area (Å²) in [5.41, 5.74) is 0. The van der Waals surface area contributed by atoms with E-state index < -0.39 is 0 Å². The summed E-state index contributed by atoms with van der Waals surface area (Å²) < 4.78 is 1.74. The number of amides is 1. The molecule has 0 aliphatic heterocycles. The summed E-state index contributed by atoms with van der Waals surface area (Å²) in [6.07, 6.45) is 6.83. The molecule has 0 radical (unpaired) electrons. The molecule has 4 heteroatoms. The summed E-state index contributed by atoms with van der Waals surface area (Å²) in [5, 5.41) is 3.03. The molecule has 1 fully saturated rings. The first kappa shape index (κ1) is 10.2. The van der Waals surface area contributed by atoms with E-state index in [1.807, 2.05) is 7.05 Å². The van der Waals surface area contributed by atoms with E-state index in [1.165, 1.54) is 6.42 Å². The number of aryl methyl sites for hydroxylation is 1. The fraction of sp³-hybridized carbons (Fsp3) is 0.636. The molecule has 1 aromatic rings. The number of aromatic nitrogens is 2. The smallest absolute Gasteiger partial charge is 0.287 e. The maximum Gasteiger partial charge on any atom is 0.287 e. The van der Waals surface area contributed by atoms with Crippen molar-refractivity contribution in [3.8, 4) is 0 Å². The van der Waals surface area contributed by atoms with Crippen molar-refractivity contribution in [2.24, 2.45) is 13.0 Å². The maximum atomic E-state index is 11.8. The molecule has 2 atom stereocenters. The quantitative estimate of drug-likeness (QED) is 0.795. The Kier molecular flexibility index (Phi) is 2.75. The minimum atomic E-state index is -0.0541. The van der Waals surface area contributed by atoms with Gasteiger partial charge >= 0.3 is 0 Å². The first-order chi connectivity index (χ1) is 7.16. The van der Waals surface area contributed by atoms with Crippen LogP contribution in [-0.2, 0) is 7.05 Å². The second-order valence-electron chi connectivity index (χ2n) is 4.45. The van der Waals surface area contributed by atoms with Gasteiger partial charge in [-0.2, -0.15) is 0 Å². The summed E-state index contributed by atoms with van der Waals surface area (Å²) in [6.45, 7) is 2.23. The van der Waals surface area contributed by atoms with Crippen LogP contribution in [-0.4, -0.2) is 21.5 Å². The van der Waals surface area contributed by atoms with E-state index in [4.69, 9.17) is 0 Å². The van der Waals surface area contributed by atoms with Crippen LogP contribution in [0.1, 0.15) is 36.8 Å². The lowest BCUT2D eigenvalue weighted by molar-refractivity contribution is 0.0923. The van der Waals surface area contributed by atoms with Crippen LogP contribution in [0.3, 0.4) is 0 Å². The zero-order valence-corrected chi connectivity index (χ0v) is 9.23. The standard InChI is InChI=1S/C11H17N3O/c1-8-3-4-9(7-8)13-11(15)10-12-5-6-14(10)2/h5-6,8-9H,3-4,7H2,1-2H3,(H,13,15). The van der Waals surface area contributed by atoms with Crippen molar-refractivity contribution in [2.75, 3.05) is 0 Å². The lowest BCUT2D eigenvalue weighted by atomic mass is 10.1. The van der Waals surface area contributed by atoms with Gasteiger partial charge in [-0.1, -0.05) is 6.92 Å². The molecular weight excluding hydrogens is 190 g/mol. The number of imidazole rings is 1. The van der Waals surface area contributed by atoms with Gasteiger partial charge in [-0.3, -0.25) is 4.79 Å². The summed E-state index contributed by atoms with van der Waals surface area (Å²) in [6, 6.07) is 0.337. The molecule has 1 aromatic heterocycles. The predicted molar refractivity (Wildman–Crippen MR) is 57.5 cm³/mol. The van der Waals surface area contributed by atoms with Crippen LogP contribution in [0, 0.1) is 5.92 Å². The Hall–Kier alpha value is -1.32. The Labute approximate surface area is 89.7 Å². The molecule has 0 spiro atoms. The van der Waals surface area contributed by atoms with E-state index in [0.717, 1.165) is 18.8 Å². The normalized spacial score (nSPS) is 25.5. The fourth-order valence-electron chi connectivity index (χ4n) is 2.17. The number of hydrogen-bond acceptors (Lipinski definition) is 2. The van der Waals surface area contributed by atoms with Crippen LogP contribution >= 0.6 is 0 Å². The molecule has 2 rings (SSSR count). The zero-order valence-electron chi connectivity index (χ0n) is 9.23. The van der Waals surface area contributed by atoms with Gasteiger partial charge in [0.15, 0.2) is 5.82 Å². The molecule has 0 saturated heterocycles. The molecule has 1 heterocycles. The van der Waals surface area contributed by atoms with Gasteiger partial charge in [0.05, 0.1) is 0 Å². The number of rotatable bonds is 2. The monoisotopic (exact) mass is 207 g/mol. The highest BCUT2D eigenvalue weighted by Crippen LogP contribution is 2.24. The van der Waals surface area contributed by atoms with E-state index in [0.29, 0.717) is 11.9 Å². The van der Waals surface area contributed by atoms with Crippen LogP contribution in [0.25, 0.3) is 0 Å². The number of nitrogens with one attached hydrogen (secondary N) is 1. The van der Waals surface area contributed by atoms with Gasteiger partial charge in [-0.25, -0.2) is 4.98 Å². The number of nitrogens with zero attached hydrogens (tertiary/aromatic N) is 2. The third kappa shape index (κ3) is 2.19. The van der Waals surface area contributed by atoms with E-state index in [-0.39, 0.29) is 5.91 Å². The van der Waals surface area contributed by atoms with Crippen LogP contribution in [0.2, 0.25) is 0 Å². The van der Waals surface area contributed by atoms with Crippen LogP contribution in [0.5, 0.6) is 0 Å². The third-order valence-electron chi connectivity index (χ3n) is 3.05. The predicted octanol–water partition coefficient (Wildman–Crippen LogP) is 1.34. The Morgan fingerprint density at radius 2 is 2.40 bits per heavy atom. The molecule has 15 heavy (non-hydrogen) atoms. The van der Waals surface area contributed by atoms with Crippen LogP contribution < -0.4 is 5.32 Å². The van der Waals surface area contributed by atoms with E-state index in [1.54, 1.807) is 17.0 Å². The van der Waals surface area contributed by atoms with Crippen molar-refractivity contribution in [3.05, 3.63) is 18.2 Å². The highest BCUT2D eigenvalue weighted by Gasteiger charge is 2.24. The van der Waals surface area contributed by atoms with Crippen LogP contribution in [0.4, 0.5) is 0 Å². The summed E-state index contributed by atoms with van der Waals surface area (Å²) in [5.74, 6) is 1.17. The van der Waals surface area contributed by atoms with Gasteiger partial charge in [0.25, 0.3) is 5.91 Å². The number of carbonyl (C=O) groups is 1. The van der Waals surface area contributed by atoms with Crippen molar-refractivity contribution in [3.63, 3.8) is 0 Å². The SMILES string of the molecule is CC1CCC(NC(=O)c2nccn2C)C1. The van der Waals surface area contributed by atoms with Crippen molar-refractivity contribution < 1.29 is 4.79 Å². The topological polar surface area (TPSA) is 46.9 Å². The molecule has 0 bridgehead atoms. The molecule has 4 nitrogen and oxygen atoms in total. The average molecular weight is 207 g/mol. The maximum absolute atomic E-state index is 11.8. The van der Waals surface area contributed by atoms with Crippen molar-refractivity contribution in [1.82, 2.24) is 14.9 Å². The summed E-state index contributed by atoms with van der Waals surface area (Å²) >= 11 is 0. The molecule has 0 aromatic carbocycles. The third-order valence-corrected chi connectivity index (χ3v) is 3.05.